The topological polar surface area (TPSA) is 37.4 Å². The van der Waals surface area contributed by atoms with Gasteiger partial charge in [0.2, 0.25) is 0 Å². The Morgan fingerprint density at radius 1 is 0.692 bits per heavy atom. The van der Waals surface area contributed by atoms with Crippen molar-refractivity contribution >= 4 is 23.0 Å². The molecule has 0 aromatic heterocycles. The molecule has 0 saturated carbocycles. The van der Waals surface area contributed by atoms with Crippen molar-refractivity contribution in [2.75, 3.05) is 11.9 Å². The zero-order valence-electron chi connectivity index (χ0n) is 14.5. The van der Waals surface area contributed by atoms with Gasteiger partial charge in [0, 0.05) is 18.3 Å². The van der Waals surface area contributed by atoms with Gasteiger partial charge in [-0.1, -0.05) is 78.9 Å². The second-order valence-electron chi connectivity index (χ2n) is 5.85. The van der Waals surface area contributed by atoms with Crippen LogP contribution >= 0.6 is 0 Å². The maximum Gasteiger partial charge on any atom is 0.258 e. The number of carbonyl (C=O) groups excluding carboxylic acids is 2. The number of carbonyl (C=O) groups is 2. The maximum atomic E-state index is 13.1. The summed E-state index contributed by atoms with van der Waals surface area (Å²) in [6.07, 6.45) is 1.42. The molecule has 0 unspecified atom stereocenters. The monoisotopic (exact) mass is 341 g/mol. The molecule has 3 rings (SSSR count). The van der Waals surface area contributed by atoms with Crippen LogP contribution in [-0.2, 0) is 4.79 Å². The molecule has 0 spiro atoms. The molecule has 0 fully saturated rings. The number of allylic oxidation sites excluding steroid dienone is 1. The van der Waals surface area contributed by atoms with Crippen molar-refractivity contribution in [2.45, 2.75) is 0 Å². The zero-order chi connectivity index (χ0) is 18.4. The summed E-state index contributed by atoms with van der Waals surface area (Å²) in [6.45, 7) is 0. The van der Waals surface area contributed by atoms with Crippen molar-refractivity contribution in [3.63, 3.8) is 0 Å². The SMILES string of the molecule is CN(C(=O)/C(=C\C(=O)c1ccccc1)c1ccccc1)c1ccccc1. The van der Waals surface area contributed by atoms with Gasteiger partial charge in [0.25, 0.3) is 5.91 Å². The molecule has 0 heterocycles. The predicted octanol–water partition coefficient (Wildman–Crippen LogP) is 4.62. The zero-order valence-corrected chi connectivity index (χ0v) is 14.5. The van der Waals surface area contributed by atoms with Gasteiger partial charge in [-0.3, -0.25) is 9.59 Å². The lowest BCUT2D eigenvalue weighted by Crippen LogP contribution is -2.27. The van der Waals surface area contributed by atoms with E-state index in [1.165, 1.54) is 6.08 Å². The van der Waals surface area contributed by atoms with Crippen LogP contribution < -0.4 is 4.90 Å². The number of ketones is 1. The molecule has 3 aromatic carbocycles. The molecule has 0 aliphatic rings. The van der Waals surface area contributed by atoms with Crippen molar-refractivity contribution < 1.29 is 9.59 Å². The molecular weight excluding hydrogens is 322 g/mol. The van der Waals surface area contributed by atoms with Crippen molar-refractivity contribution in [3.05, 3.63) is 108 Å². The minimum absolute atomic E-state index is 0.195. The molecule has 0 aliphatic carbocycles. The highest BCUT2D eigenvalue weighted by molar-refractivity contribution is 6.30. The summed E-state index contributed by atoms with van der Waals surface area (Å²) in [5.74, 6) is -0.425. The van der Waals surface area contributed by atoms with Crippen LogP contribution in [0.1, 0.15) is 15.9 Å². The molecule has 0 N–H and O–H groups in total. The molecule has 0 atom stereocenters. The Hall–Kier alpha value is -3.46. The van der Waals surface area contributed by atoms with Crippen LogP contribution in [0.2, 0.25) is 0 Å². The number of likely N-dealkylation sites (N-methyl/N-ethyl adjacent to an activating group) is 1. The van der Waals surface area contributed by atoms with E-state index in [0.29, 0.717) is 16.7 Å². The first-order chi connectivity index (χ1) is 12.7. The van der Waals surface area contributed by atoms with E-state index in [1.54, 1.807) is 36.2 Å². The Morgan fingerprint density at radius 3 is 1.69 bits per heavy atom. The third-order valence-corrected chi connectivity index (χ3v) is 4.10. The molecule has 0 saturated heterocycles. The van der Waals surface area contributed by atoms with Crippen molar-refractivity contribution in [3.8, 4) is 0 Å². The van der Waals surface area contributed by atoms with E-state index in [9.17, 15) is 9.59 Å². The maximum absolute atomic E-state index is 13.1. The van der Waals surface area contributed by atoms with Gasteiger partial charge in [0.15, 0.2) is 5.78 Å². The van der Waals surface area contributed by atoms with E-state index in [-0.39, 0.29) is 11.7 Å². The summed E-state index contributed by atoms with van der Waals surface area (Å²) < 4.78 is 0. The molecular formula is C23H19NO2. The number of para-hydroxylation sites is 1. The summed E-state index contributed by atoms with van der Waals surface area (Å²) in [5, 5.41) is 0. The number of rotatable bonds is 5. The first-order valence-electron chi connectivity index (χ1n) is 8.36. The van der Waals surface area contributed by atoms with E-state index in [2.05, 4.69) is 0 Å². The second kappa shape index (κ2) is 8.08. The number of amides is 1. The van der Waals surface area contributed by atoms with Gasteiger partial charge >= 0.3 is 0 Å². The van der Waals surface area contributed by atoms with Gasteiger partial charge in [-0.25, -0.2) is 0 Å². The quantitative estimate of drug-likeness (QED) is 0.502. The summed E-state index contributed by atoms with van der Waals surface area (Å²) >= 11 is 0. The van der Waals surface area contributed by atoms with Gasteiger partial charge in [-0.2, -0.15) is 0 Å². The first-order valence-corrected chi connectivity index (χ1v) is 8.36. The smallest absolute Gasteiger partial charge is 0.258 e. The lowest BCUT2D eigenvalue weighted by molar-refractivity contribution is -0.113. The van der Waals surface area contributed by atoms with E-state index in [1.807, 2.05) is 66.7 Å². The minimum Gasteiger partial charge on any atom is -0.311 e. The van der Waals surface area contributed by atoms with E-state index in [4.69, 9.17) is 0 Å². The summed E-state index contributed by atoms with van der Waals surface area (Å²) in [4.78, 5) is 27.3. The lowest BCUT2D eigenvalue weighted by atomic mass is 10.0. The summed E-state index contributed by atoms with van der Waals surface area (Å²) in [7, 11) is 1.71. The fraction of sp³-hybridized carbons (Fsp3) is 0.0435. The number of hydrogen-bond donors (Lipinski definition) is 0. The standard InChI is InChI=1S/C23H19NO2/c1-24(20-15-9-4-10-16-20)23(26)21(18-11-5-2-6-12-18)17-22(25)19-13-7-3-8-14-19/h2-17H,1H3/b21-17-. The molecule has 1 amide bonds. The van der Waals surface area contributed by atoms with Crippen LogP contribution in [-0.4, -0.2) is 18.7 Å². The number of benzene rings is 3. The van der Waals surface area contributed by atoms with E-state index < -0.39 is 0 Å². The first kappa shape index (κ1) is 17.4. The highest BCUT2D eigenvalue weighted by Crippen LogP contribution is 2.22. The van der Waals surface area contributed by atoms with Gasteiger partial charge < -0.3 is 4.90 Å². The van der Waals surface area contributed by atoms with Crippen molar-refractivity contribution in [1.29, 1.82) is 0 Å². The Balaban J connectivity index is 2.00. The number of nitrogens with zero attached hydrogens (tertiary/aromatic N) is 1. The Morgan fingerprint density at radius 2 is 1.15 bits per heavy atom. The van der Waals surface area contributed by atoms with Gasteiger partial charge in [-0.05, 0) is 23.8 Å². The highest BCUT2D eigenvalue weighted by atomic mass is 16.2. The van der Waals surface area contributed by atoms with Gasteiger partial charge in [0.1, 0.15) is 0 Å². The average molecular weight is 341 g/mol. The largest absolute Gasteiger partial charge is 0.311 e. The molecule has 128 valence electrons. The molecule has 26 heavy (non-hydrogen) atoms. The van der Waals surface area contributed by atoms with Gasteiger partial charge in [-0.15, -0.1) is 0 Å². The van der Waals surface area contributed by atoms with E-state index in [0.717, 1.165) is 5.69 Å². The third-order valence-electron chi connectivity index (χ3n) is 4.10. The van der Waals surface area contributed by atoms with Crippen LogP contribution in [0.3, 0.4) is 0 Å². The number of hydrogen-bond acceptors (Lipinski definition) is 2. The Kier molecular flexibility index (Phi) is 5.40. The van der Waals surface area contributed by atoms with Crippen LogP contribution in [0.15, 0.2) is 97.1 Å². The fourth-order valence-electron chi connectivity index (χ4n) is 2.65. The summed E-state index contributed by atoms with van der Waals surface area (Å²) in [6, 6.07) is 27.6. The van der Waals surface area contributed by atoms with Crippen molar-refractivity contribution in [2.24, 2.45) is 0 Å². The molecule has 0 bridgehead atoms. The lowest BCUT2D eigenvalue weighted by Gasteiger charge is -2.19. The van der Waals surface area contributed by atoms with Crippen LogP contribution in [0.4, 0.5) is 5.69 Å². The Labute approximate surface area is 153 Å². The van der Waals surface area contributed by atoms with Crippen LogP contribution in [0.5, 0.6) is 0 Å². The fourth-order valence-corrected chi connectivity index (χ4v) is 2.65. The predicted molar refractivity (Wildman–Crippen MR) is 105 cm³/mol. The normalized spacial score (nSPS) is 11.0. The molecule has 3 aromatic rings. The summed E-state index contributed by atoms with van der Waals surface area (Å²) in [5.41, 5.74) is 2.40. The van der Waals surface area contributed by atoms with Crippen molar-refractivity contribution in [1.82, 2.24) is 0 Å². The Bertz CT molecular complexity index is 916. The molecule has 0 radical (unpaired) electrons. The number of anilines is 1. The third kappa shape index (κ3) is 3.95. The second-order valence-corrected chi connectivity index (χ2v) is 5.85. The highest BCUT2D eigenvalue weighted by Gasteiger charge is 2.19. The molecule has 0 aliphatic heterocycles. The van der Waals surface area contributed by atoms with Crippen LogP contribution in [0.25, 0.3) is 5.57 Å². The molecule has 3 nitrogen and oxygen atoms in total. The van der Waals surface area contributed by atoms with Gasteiger partial charge in [0.05, 0.1) is 5.57 Å². The average Bonchev–Trinajstić information content (AvgIpc) is 2.72. The van der Waals surface area contributed by atoms with E-state index >= 15 is 0 Å². The minimum atomic E-state index is -0.230. The molecule has 3 heteroatoms. The van der Waals surface area contributed by atoms with Crippen LogP contribution in [0, 0.1) is 0 Å².